The lowest BCUT2D eigenvalue weighted by Gasteiger charge is -2.21. The number of benzene rings is 1. The number of halogens is 3. The molecule has 0 amide bonds. The van der Waals surface area contributed by atoms with E-state index < -0.39 is 11.7 Å². The SMILES string of the molecule is CN(c1ccccc1)c1ncc(C(F)(F)F)c(OC2CCCC2)n1. The van der Waals surface area contributed by atoms with E-state index in [1.54, 1.807) is 11.9 Å². The molecule has 1 aliphatic carbocycles. The van der Waals surface area contributed by atoms with Crippen molar-refractivity contribution < 1.29 is 17.9 Å². The summed E-state index contributed by atoms with van der Waals surface area (Å²) in [5.41, 5.74) is -0.149. The van der Waals surface area contributed by atoms with Gasteiger partial charge in [-0.25, -0.2) is 4.98 Å². The lowest BCUT2D eigenvalue weighted by atomic mass is 10.3. The van der Waals surface area contributed by atoms with E-state index in [2.05, 4.69) is 9.97 Å². The summed E-state index contributed by atoms with van der Waals surface area (Å²) in [7, 11) is 1.71. The Labute approximate surface area is 138 Å². The second kappa shape index (κ2) is 6.67. The number of para-hydroxylation sites is 1. The van der Waals surface area contributed by atoms with Crippen molar-refractivity contribution in [1.82, 2.24) is 9.97 Å². The van der Waals surface area contributed by atoms with Gasteiger partial charge in [-0.15, -0.1) is 0 Å². The normalized spacial score (nSPS) is 15.5. The first-order valence-corrected chi connectivity index (χ1v) is 7.85. The van der Waals surface area contributed by atoms with E-state index in [0.717, 1.165) is 37.6 Å². The van der Waals surface area contributed by atoms with E-state index in [9.17, 15) is 13.2 Å². The van der Waals surface area contributed by atoms with Crippen LogP contribution in [0.3, 0.4) is 0 Å². The topological polar surface area (TPSA) is 38.2 Å². The third-order valence-corrected chi connectivity index (χ3v) is 4.07. The number of rotatable bonds is 4. The summed E-state index contributed by atoms with van der Waals surface area (Å²) in [6.45, 7) is 0. The molecule has 0 atom stereocenters. The quantitative estimate of drug-likeness (QED) is 0.818. The van der Waals surface area contributed by atoms with Gasteiger partial charge >= 0.3 is 6.18 Å². The highest BCUT2D eigenvalue weighted by Crippen LogP contribution is 2.37. The molecule has 1 saturated carbocycles. The summed E-state index contributed by atoms with van der Waals surface area (Å²) in [5, 5.41) is 0. The molecule has 1 fully saturated rings. The van der Waals surface area contributed by atoms with E-state index >= 15 is 0 Å². The molecule has 2 aromatic rings. The Morgan fingerprint density at radius 2 is 1.79 bits per heavy atom. The van der Waals surface area contributed by atoms with Crippen molar-refractivity contribution in [3.8, 4) is 5.88 Å². The molecule has 24 heavy (non-hydrogen) atoms. The number of aromatic nitrogens is 2. The molecular weight excluding hydrogens is 319 g/mol. The zero-order valence-electron chi connectivity index (χ0n) is 13.3. The smallest absolute Gasteiger partial charge is 0.423 e. The summed E-state index contributed by atoms with van der Waals surface area (Å²) in [5.74, 6) is -0.218. The molecule has 7 heteroatoms. The predicted molar refractivity (Wildman–Crippen MR) is 84.4 cm³/mol. The minimum Gasteiger partial charge on any atom is -0.474 e. The molecule has 4 nitrogen and oxygen atoms in total. The van der Waals surface area contributed by atoms with Crippen LogP contribution in [0.2, 0.25) is 0 Å². The van der Waals surface area contributed by atoms with Crippen LogP contribution in [-0.4, -0.2) is 23.1 Å². The van der Waals surface area contributed by atoms with E-state index in [1.165, 1.54) is 0 Å². The van der Waals surface area contributed by atoms with Crippen molar-refractivity contribution in [2.75, 3.05) is 11.9 Å². The summed E-state index contributed by atoms with van der Waals surface area (Å²) in [4.78, 5) is 9.55. The summed E-state index contributed by atoms with van der Waals surface area (Å²) >= 11 is 0. The minimum absolute atomic E-state index is 0.169. The molecule has 0 bridgehead atoms. The van der Waals surface area contributed by atoms with Gasteiger partial charge in [0.25, 0.3) is 0 Å². The highest BCUT2D eigenvalue weighted by molar-refractivity contribution is 5.56. The molecular formula is C17H18F3N3O. The lowest BCUT2D eigenvalue weighted by Crippen LogP contribution is -2.20. The Kier molecular flexibility index (Phi) is 4.59. The van der Waals surface area contributed by atoms with E-state index in [1.807, 2.05) is 30.3 Å². The molecule has 0 saturated heterocycles. The maximum atomic E-state index is 13.2. The molecule has 0 aliphatic heterocycles. The third-order valence-electron chi connectivity index (χ3n) is 4.07. The molecule has 0 N–H and O–H groups in total. The van der Waals surface area contributed by atoms with Crippen LogP contribution >= 0.6 is 0 Å². The average Bonchev–Trinajstić information content (AvgIpc) is 3.07. The standard InChI is InChI=1S/C17H18F3N3O/c1-23(12-7-3-2-4-8-12)16-21-11-14(17(18,19)20)15(22-16)24-13-9-5-6-10-13/h2-4,7-8,11,13H,5-6,9-10H2,1H3. The Balaban J connectivity index is 1.94. The highest BCUT2D eigenvalue weighted by Gasteiger charge is 2.37. The number of alkyl halides is 3. The van der Waals surface area contributed by atoms with Crippen molar-refractivity contribution >= 4 is 11.6 Å². The molecule has 0 radical (unpaired) electrons. The zero-order valence-corrected chi connectivity index (χ0v) is 13.3. The van der Waals surface area contributed by atoms with Crippen molar-refractivity contribution in [1.29, 1.82) is 0 Å². The summed E-state index contributed by atoms with van der Waals surface area (Å²) < 4.78 is 45.2. The van der Waals surface area contributed by atoms with Gasteiger partial charge in [0.2, 0.25) is 11.8 Å². The van der Waals surface area contributed by atoms with Crippen LogP contribution in [0, 0.1) is 0 Å². The first-order chi connectivity index (χ1) is 11.4. The fourth-order valence-electron chi connectivity index (χ4n) is 2.73. The van der Waals surface area contributed by atoms with Crippen LogP contribution in [0.15, 0.2) is 36.5 Å². The van der Waals surface area contributed by atoms with Crippen LogP contribution in [0.5, 0.6) is 5.88 Å². The zero-order chi connectivity index (χ0) is 17.2. The lowest BCUT2D eigenvalue weighted by molar-refractivity contribution is -0.139. The fourth-order valence-corrected chi connectivity index (χ4v) is 2.73. The van der Waals surface area contributed by atoms with Crippen LogP contribution in [-0.2, 0) is 6.18 Å². The highest BCUT2D eigenvalue weighted by atomic mass is 19.4. The van der Waals surface area contributed by atoms with Crippen LogP contribution in [0.25, 0.3) is 0 Å². The molecule has 1 aliphatic rings. The van der Waals surface area contributed by atoms with Crippen LogP contribution in [0.1, 0.15) is 31.2 Å². The van der Waals surface area contributed by atoms with Gasteiger partial charge in [0, 0.05) is 18.9 Å². The summed E-state index contributed by atoms with van der Waals surface area (Å²) in [6.07, 6.45) is -0.516. The number of nitrogens with zero attached hydrogens (tertiary/aromatic N) is 3. The second-order valence-electron chi connectivity index (χ2n) is 5.81. The maximum Gasteiger partial charge on any atom is 0.423 e. The Morgan fingerprint density at radius 1 is 1.12 bits per heavy atom. The van der Waals surface area contributed by atoms with Crippen LogP contribution < -0.4 is 9.64 Å². The Bertz CT molecular complexity index is 685. The monoisotopic (exact) mass is 337 g/mol. The minimum atomic E-state index is -4.54. The van der Waals surface area contributed by atoms with Gasteiger partial charge in [0.05, 0.1) is 0 Å². The largest absolute Gasteiger partial charge is 0.474 e. The van der Waals surface area contributed by atoms with Crippen LogP contribution in [0.4, 0.5) is 24.8 Å². The molecule has 0 spiro atoms. The number of hydrogen-bond donors (Lipinski definition) is 0. The van der Waals surface area contributed by atoms with Crippen molar-refractivity contribution in [2.24, 2.45) is 0 Å². The average molecular weight is 337 g/mol. The first kappa shape index (κ1) is 16.5. The van der Waals surface area contributed by atoms with E-state index in [-0.39, 0.29) is 17.9 Å². The van der Waals surface area contributed by atoms with Gasteiger partial charge in [-0.3, -0.25) is 0 Å². The Hall–Kier alpha value is -2.31. The van der Waals surface area contributed by atoms with Gasteiger partial charge in [-0.1, -0.05) is 18.2 Å². The van der Waals surface area contributed by atoms with Gasteiger partial charge in [0.1, 0.15) is 11.7 Å². The molecule has 0 unspecified atom stereocenters. The van der Waals surface area contributed by atoms with Gasteiger partial charge in [-0.2, -0.15) is 18.2 Å². The molecule has 1 aromatic heterocycles. The molecule has 1 heterocycles. The van der Waals surface area contributed by atoms with Gasteiger partial charge in [0.15, 0.2) is 0 Å². The van der Waals surface area contributed by atoms with Gasteiger partial charge in [-0.05, 0) is 37.8 Å². The first-order valence-electron chi connectivity index (χ1n) is 7.85. The third kappa shape index (κ3) is 3.60. The molecule has 128 valence electrons. The van der Waals surface area contributed by atoms with E-state index in [0.29, 0.717) is 0 Å². The molecule has 3 rings (SSSR count). The molecule has 1 aromatic carbocycles. The van der Waals surface area contributed by atoms with Gasteiger partial charge < -0.3 is 9.64 Å². The predicted octanol–water partition coefficient (Wildman–Crippen LogP) is 4.58. The fraction of sp³-hybridized carbons (Fsp3) is 0.412. The van der Waals surface area contributed by atoms with Crippen molar-refractivity contribution in [3.63, 3.8) is 0 Å². The van der Waals surface area contributed by atoms with Crippen molar-refractivity contribution in [3.05, 3.63) is 42.1 Å². The Morgan fingerprint density at radius 3 is 2.42 bits per heavy atom. The summed E-state index contributed by atoms with van der Waals surface area (Å²) in [6, 6.07) is 9.20. The second-order valence-corrected chi connectivity index (χ2v) is 5.81. The number of ether oxygens (including phenoxy) is 1. The van der Waals surface area contributed by atoms with Crippen molar-refractivity contribution in [2.45, 2.75) is 38.0 Å². The number of hydrogen-bond acceptors (Lipinski definition) is 4. The maximum absolute atomic E-state index is 13.2. The number of anilines is 2. The van der Waals surface area contributed by atoms with E-state index in [4.69, 9.17) is 4.74 Å².